The Bertz CT molecular complexity index is 1000. The van der Waals surface area contributed by atoms with Gasteiger partial charge in [-0.15, -0.1) is 0 Å². The summed E-state index contributed by atoms with van der Waals surface area (Å²) in [5.74, 6) is 3.17. The third kappa shape index (κ3) is 6.26. The smallest absolute Gasteiger partial charge is 0.191 e. The normalized spacial score (nSPS) is 12.3. The zero-order valence-electron chi connectivity index (χ0n) is 19.3. The van der Waals surface area contributed by atoms with Gasteiger partial charge in [0.1, 0.15) is 5.82 Å². The van der Waals surface area contributed by atoms with Gasteiger partial charge in [0.15, 0.2) is 17.5 Å². The van der Waals surface area contributed by atoms with Crippen LogP contribution in [0.1, 0.15) is 43.8 Å². The Kier molecular flexibility index (Phi) is 8.54. The molecule has 0 aliphatic heterocycles. The zero-order chi connectivity index (χ0) is 22.8. The number of aliphatic imine (C=N–C) groups is 1. The van der Waals surface area contributed by atoms with Crippen molar-refractivity contribution in [3.63, 3.8) is 0 Å². The molecule has 0 saturated heterocycles. The summed E-state index contributed by atoms with van der Waals surface area (Å²) in [6.45, 7) is 8.57. The third-order valence-corrected chi connectivity index (χ3v) is 5.06. The van der Waals surface area contributed by atoms with Gasteiger partial charge in [-0.25, -0.2) is 4.98 Å². The van der Waals surface area contributed by atoms with Crippen LogP contribution in [0.15, 0.2) is 65.9 Å². The van der Waals surface area contributed by atoms with Crippen molar-refractivity contribution in [1.82, 2.24) is 20.2 Å². The number of rotatable bonds is 10. The van der Waals surface area contributed by atoms with Crippen molar-refractivity contribution < 1.29 is 9.47 Å². The molecule has 0 amide bonds. The molecule has 0 radical (unpaired) electrons. The maximum absolute atomic E-state index is 5.76. The van der Waals surface area contributed by atoms with Crippen LogP contribution >= 0.6 is 0 Å². The van der Waals surface area contributed by atoms with Crippen LogP contribution < -0.4 is 20.1 Å². The molecule has 1 atom stereocenters. The number of guanidine groups is 1. The summed E-state index contributed by atoms with van der Waals surface area (Å²) in [4.78, 5) is 8.88. The predicted molar refractivity (Wildman–Crippen MR) is 128 cm³/mol. The average Bonchev–Trinajstić information content (AvgIpc) is 3.25. The first kappa shape index (κ1) is 23.2. The van der Waals surface area contributed by atoms with Gasteiger partial charge in [-0.2, -0.15) is 0 Å². The minimum Gasteiger partial charge on any atom is -0.490 e. The molecule has 170 valence electrons. The van der Waals surface area contributed by atoms with Crippen LogP contribution in [0.2, 0.25) is 0 Å². The van der Waals surface area contributed by atoms with Gasteiger partial charge in [-0.1, -0.05) is 36.4 Å². The van der Waals surface area contributed by atoms with E-state index >= 15 is 0 Å². The second kappa shape index (κ2) is 11.8. The van der Waals surface area contributed by atoms with E-state index in [1.165, 1.54) is 5.56 Å². The molecule has 2 N–H and O–H groups in total. The first-order chi connectivity index (χ1) is 15.6. The average molecular weight is 436 g/mol. The fourth-order valence-corrected chi connectivity index (χ4v) is 3.41. The Balaban J connectivity index is 1.62. The highest BCUT2D eigenvalue weighted by atomic mass is 16.5. The van der Waals surface area contributed by atoms with Gasteiger partial charge in [0.25, 0.3) is 0 Å². The van der Waals surface area contributed by atoms with E-state index in [4.69, 9.17) is 9.47 Å². The minimum atomic E-state index is 0.0279. The molecule has 0 fully saturated rings. The number of nitrogens with zero attached hydrogens (tertiary/aromatic N) is 3. The number of benzene rings is 2. The topological polar surface area (TPSA) is 72.7 Å². The fourth-order valence-electron chi connectivity index (χ4n) is 3.41. The standard InChI is InChI=1S/C25H33N5O2/c1-5-31-22-13-12-21(16-23(22)32-6-2)19(3)29-25(26-4)28-17-24-27-14-15-30(24)18-20-10-8-7-9-11-20/h7-16,19H,5-6,17-18H2,1-4H3,(H2,26,28,29). The van der Waals surface area contributed by atoms with E-state index in [2.05, 4.69) is 56.4 Å². The molecule has 0 aliphatic rings. The zero-order valence-corrected chi connectivity index (χ0v) is 19.3. The number of hydrogen-bond donors (Lipinski definition) is 2. The number of aromatic nitrogens is 2. The van der Waals surface area contributed by atoms with Gasteiger partial charge in [-0.05, 0) is 44.0 Å². The monoisotopic (exact) mass is 435 g/mol. The molecule has 0 spiro atoms. The molecule has 32 heavy (non-hydrogen) atoms. The van der Waals surface area contributed by atoms with E-state index in [9.17, 15) is 0 Å². The van der Waals surface area contributed by atoms with E-state index in [0.29, 0.717) is 25.7 Å². The summed E-state index contributed by atoms with van der Waals surface area (Å²) in [5.41, 5.74) is 2.33. The van der Waals surface area contributed by atoms with E-state index in [0.717, 1.165) is 29.4 Å². The van der Waals surface area contributed by atoms with Crippen molar-refractivity contribution in [3.8, 4) is 11.5 Å². The van der Waals surface area contributed by atoms with E-state index < -0.39 is 0 Å². The second-order valence-electron chi connectivity index (χ2n) is 7.32. The number of ether oxygens (including phenoxy) is 2. The van der Waals surface area contributed by atoms with Crippen LogP contribution in [-0.2, 0) is 13.1 Å². The van der Waals surface area contributed by atoms with Crippen LogP contribution in [-0.4, -0.2) is 35.8 Å². The first-order valence-corrected chi connectivity index (χ1v) is 11.0. The molecule has 7 heteroatoms. The van der Waals surface area contributed by atoms with Gasteiger partial charge in [-0.3, -0.25) is 4.99 Å². The Morgan fingerprint density at radius 1 is 1.06 bits per heavy atom. The molecule has 3 aromatic rings. The van der Waals surface area contributed by atoms with E-state index in [1.54, 1.807) is 7.05 Å². The van der Waals surface area contributed by atoms with Gasteiger partial charge < -0.3 is 24.7 Å². The summed E-state index contributed by atoms with van der Waals surface area (Å²) in [6, 6.07) is 16.4. The SMILES string of the molecule is CCOc1ccc(C(C)NC(=NC)NCc2nccn2Cc2ccccc2)cc1OCC. The fraction of sp³-hybridized carbons (Fsp3) is 0.360. The van der Waals surface area contributed by atoms with Crippen LogP contribution in [0.25, 0.3) is 0 Å². The summed E-state index contributed by atoms with van der Waals surface area (Å²) in [7, 11) is 1.77. The molecule has 1 unspecified atom stereocenters. The number of nitrogens with one attached hydrogen (secondary N) is 2. The molecule has 2 aromatic carbocycles. The van der Waals surface area contributed by atoms with E-state index in [-0.39, 0.29) is 6.04 Å². The third-order valence-electron chi connectivity index (χ3n) is 5.06. The highest BCUT2D eigenvalue weighted by Crippen LogP contribution is 2.30. The van der Waals surface area contributed by atoms with Crippen molar-refractivity contribution in [3.05, 3.63) is 77.9 Å². The highest BCUT2D eigenvalue weighted by molar-refractivity contribution is 5.80. The maximum Gasteiger partial charge on any atom is 0.191 e. The van der Waals surface area contributed by atoms with Crippen LogP contribution in [0, 0.1) is 0 Å². The Hall–Kier alpha value is -3.48. The van der Waals surface area contributed by atoms with Crippen LogP contribution in [0.4, 0.5) is 0 Å². The molecule has 3 rings (SSSR count). The number of imidazole rings is 1. The van der Waals surface area contributed by atoms with Gasteiger partial charge >= 0.3 is 0 Å². The van der Waals surface area contributed by atoms with Gasteiger partial charge in [0.05, 0.1) is 25.8 Å². The molecule has 0 aliphatic carbocycles. The Morgan fingerprint density at radius 2 is 1.81 bits per heavy atom. The molecular formula is C25H33N5O2. The summed E-state index contributed by atoms with van der Waals surface area (Å²) in [6.07, 6.45) is 3.83. The number of hydrogen-bond acceptors (Lipinski definition) is 4. The molecular weight excluding hydrogens is 402 g/mol. The maximum atomic E-state index is 5.76. The first-order valence-electron chi connectivity index (χ1n) is 11.0. The quantitative estimate of drug-likeness (QED) is 0.370. The van der Waals surface area contributed by atoms with Gasteiger partial charge in [0, 0.05) is 26.0 Å². The molecule has 7 nitrogen and oxygen atoms in total. The second-order valence-corrected chi connectivity index (χ2v) is 7.32. The minimum absolute atomic E-state index is 0.0279. The summed E-state index contributed by atoms with van der Waals surface area (Å²) in [5, 5.41) is 6.81. The lowest BCUT2D eigenvalue weighted by atomic mass is 10.1. The largest absolute Gasteiger partial charge is 0.490 e. The molecule has 1 aromatic heterocycles. The van der Waals surface area contributed by atoms with Crippen molar-refractivity contribution in [2.45, 2.75) is 39.9 Å². The Morgan fingerprint density at radius 3 is 2.53 bits per heavy atom. The van der Waals surface area contributed by atoms with E-state index in [1.807, 2.05) is 50.5 Å². The highest BCUT2D eigenvalue weighted by Gasteiger charge is 2.13. The molecule has 1 heterocycles. The molecule has 0 saturated carbocycles. The molecule has 0 bridgehead atoms. The van der Waals surface area contributed by atoms with Crippen molar-refractivity contribution in [1.29, 1.82) is 0 Å². The summed E-state index contributed by atoms with van der Waals surface area (Å²) >= 11 is 0. The predicted octanol–water partition coefficient (Wildman–Crippen LogP) is 4.16. The van der Waals surface area contributed by atoms with Crippen molar-refractivity contribution >= 4 is 5.96 Å². The lowest BCUT2D eigenvalue weighted by Crippen LogP contribution is -2.38. The van der Waals surface area contributed by atoms with Crippen LogP contribution in [0.5, 0.6) is 11.5 Å². The van der Waals surface area contributed by atoms with Crippen molar-refractivity contribution in [2.24, 2.45) is 4.99 Å². The van der Waals surface area contributed by atoms with Crippen molar-refractivity contribution in [2.75, 3.05) is 20.3 Å². The van der Waals surface area contributed by atoms with Gasteiger partial charge in [0.2, 0.25) is 0 Å². The lowest BCUT2D eigenvalue weighted by Gasteiger charge is -2.20. The Labute approximate surface area is 190 Å². The summed E-state index contributed by atoms with van der Waals surface area (Å²) < 4.78 is 13.6. The van der Waals surface area contributed by atoms with Crippen LogP contribution in [0.3, 0.4) is 0 Å². The lowest BCUT2D eigenvalue weighted by molar-refractivity contribution is 0.287.